The molecule has 0 bridgehead atoms. The lowest BCUT2D eigenvalue weighted by atomic mass is 10.1. The quantitative estimate of drug-likeness (QED) is 0.662. The molecule has 1 aromatic heterocycles. The van der Waals surface area contributed by atoms with Gasteiger partial charge in [0.2, 0.25) is 0 Å². The molecule has 0 radical (unpaired) electrons. The standard InChI is InChI=1S/C21H23ClN4O3/c1-21(2,3)29-20(28)24-11-10-13-4-6-14(7-5-13)26-12-16-17(22)9-8-15(19(23)27)18(16)25-26/h4-9,12H,10-11H2,1-3H3,(H2,23,27)(H,24,28). The second-order valence-electron chi connectivity index (χ2n) is 7.64. The lowest BCUT2D eigenvalue weighted by Crippen LogP contribution is -2.33. The number of hydrogen-bond acceptors (Lipinski definition) is 4. The predicted octanol–water partition coefficient (Wildman–Crippen LogP) is 3.85. The van der Waals surface area contributed by atoms with Gasteiger partial charge in [0.05, 0.1) is 16.3 Å². The molecule has 0 fully saturated rings. The second kappa shape index (κ2) is 8.13. The Morgan fingerprint density at radius 2 is 1.86 bits per heavy atom. The van der Waals surface area contributed by atoms with Gasteiger partial charge in [0.25, 0.3) is 5.91 Å². The number of carbonyl (C=O) groups is 2. The number of benzene rings is 2. The molecule has 0 atom stereocenters. The van der Waals surface area contributed by atoms with Crippen LogP contribution in [-0.4, -0.2) is 33.9 Å². The largest absolute Gasteiger partial charge is 0.444 e. The molecule has 7 nitrogen and oxygen atoms in total. The highest BCUT2D eigenvalue weighted by molar-refractivity contribution is 6.36. The molecule has 3 aromatic rings. The maximum Gasteiger partial charge on any atom is 0.407 e. The first-order valence-electron chi connectivity index (χ1n) is 9.18. The molecule has 0 aliphatic rings. The van der Waals surface area contributed by atoms with Crippen LogP contribution in [-0.2, 0) is 11.2 Å². The minimum atomic E-state index is -0.551. The van der Waals surface area contributed by atoms with Gasteiger partial charge in [-0.1, -0.05) is 23.7 Å². The fourth-order valence-electron chi connectivity index (χ4n) is 2.84. The van der Waals surface area contributed by atoms with Crippen LogP contribution < -0.4 is 11.1 Å². The Kier molecular flexibility index (Phi) is 5.79. The number of amides is 2. The van der Waals surface area contributed by atoms with E-state index in [1.54, 1.807) is 23.0 Å². The van der Waals surface area contributed by atoms with E-state index in [0.29, 0.717) is 34.5 Å². The molecule has 29 heavy (non-hydrogen) atoms. The highest BCUT2D eigenvalue weighted by Gasteiger charge is 2.16. The Balaban J connectivity index is 1.70. The third-order valence-corrected chi connectivity index (χ3v) is 4.50. The van der Waals surface area contributed by atoms with Crippen LogP contribution in [0.2, 0.25) is 5.02 Å². The average molecular weight is 415 g/mol. The molecule has 8 heteroatoms. The van der Waals surface area contributed by atoms with Crippen molar-refractivity contribution in [2.75, 3.05) is 6.54 Å². The highest BCUT2D eigenvalue weighted by atomic mass is 35.5. The van der Waals surface area contributed by atoms with Crippen molar-refractivity contribution in [1.29, 1.82) is 0 Å². The van der Waals surface area contributed by atoms with Gasteiger partial charge in [0.15, 0.2) is 0 Å². The van der Waals surface area contributed by atoms with E-state index in [1.807, 2.05) is 45.0 Å². The summed E-state index contributed by atoms with van der Waals surface area (Å²) in [6.45, 7) is 5.94. The van der Waals surface area contributed by atoms with Crippen molar-refractivity contribution in [3.63, 3.8) is 0 Å². The smallest absolute Gasteiger partial charge is 0.407 e. The predicted molar refractivity (Wildman–Crippen MR) is 113 cm³/mol. The van der Waals surface area contributed by atoms with Gasteiger partial charge < -0.3 is 15.8 Å². The van der Waals surface area contributed by atoms with Gasteiger partial charge in [-0.3, -0.25) is 4.79 Å². The summed E-state index contributed by atoms with van der Waals surface area (Å²) in [5.74, 6) is -0.551. The fourth-order valence-corrected chi connectivity index (χ4v) is 3.04. The summed E-state index contributed by atoms with van der Waals surface area (Å²) in [5, 5.41) is 8.37. The van der Waals surface area contributed by atoms with Crippen LogP contribution in [0, 0.1) is 0 Å². The van der Waals surface area contributed by atoms with Crippen molar-refractivity contribution >= 4 is 34.5 Å². The molecular formula is C21H23ClN4O3. The number of nitrogens with two attached hydrogens (primary N) is 1. The summed E-state index contributed by atoms with van der Waals surface area (Å²) in [7, 11) is 0. The number of aromatic nitrogens is 2. The van der Waals surface area contributed by atoms with Gasteiger partial charge in [-0.25, -0.2) is 9.48 Å². The van der Waals surface area contributed by atoms with Gasteiger partial charge in [-0.15, -0.1) is 0 Å². The molecule has 2 amide bonds. The zero-order chi connectivity index (χ0) is 21.2. The van der Waals surface area contributed by atoms with E-state index >= 15 is 0 Å². The molecule has 0 aliphatic heterocycles. The number of ether oxygens (including phenoxy) is 1. The number of primary amides is 1. The summed E-state index contributed by atoms with van der Waals surface area (Å²) >= 11 is 6.23. The van der Waals surface area contributed by atoms with E-state index in [4.69, 9.17) is 22.1 Å². The summed E-state index contributed by atoms with van der Waals surface area (Å²) in [4.78, 5) is 23.3. The molecule has 0 saturated carbocycles. The number of halogens is 1. The van der Waals surface area contributed by atoms with Crippen LogP contribution in [0.5, 0.6) is 0 Å². The van der Waals surface area contributed by atoms with Crippen LogP contribution >= 0.6 is 11.6 Å². The van der Waals surface area contributed by atoms with Crippen molar-refractivity contribution in [3.05, 3.63) is 58.7 Å². The fraction of sp³-hybridized carbons (Fsp3) is 0.286. The molecule has 3 rings (SSSR count). The Hall–Kier alpha value is -3.06. The lowest BCUT2D eigenvalue weighted by molar-refractivity contribution is 0.0528. The molecule has 3 N–H and O–H groups in total. The first-order chi connectivity index (χ1) is 13.6. The van der Waals surface area contributed by atoms with Crippen molar-refractivity contribution < 1.29 is 14.3 Å². The molecule has 0 saturated heterocycles. The number of rotatable bonds is 5. The normalized spacial score (nSPS) is 11.4. The third-order valence-electron chi connectivity index (χ3n) is 4.17. The number of alkyl carbamates (subject to hydrolysis) is 1. The monoisotopic (exact) mass is 414 g/mol. The zero-order valence-electron chi connectivity index (χ0n) is 16.5. The van der Waals surface area contributed by atoms with Crippen molar-refractivity contribution in [1.82, 2.24) is 15.1 Å². The molecule has 0 spiro atoms. The number of fused-ring (bicyclic) bond motifs is 1. The number of nitrogens with zero attached hydrogens (tertiary/aromatic N) is 2. The number of hydrogen-bond donors (Lipinski definition) is 2. The van der Waals surface area contributed by atoms with Gasteiger partial charge in [0.1, 0.15) is 11.1 Å². The Morgan fingerprint density at radius 1 is 1.17 bits per heavy atom. The van der Waals surface area contributed by atoms with E-state index in [9.17, 15) is 9.59 Å². The Morgan fingerprint density at radius 3 is 2.48 bits per heavy atom. The molecule has 0 aliphatic carbocycles. The second-order valence-corrected chi connectivity index (χ2v) is 8.05. The number of carbonyl (C=O) groups excluding carboxylic acids is 2. The maximum atomic E-state index is 11.7. The molecule has 2 aromatic carbocycles. The van der Waals surface area contributed by atoms with Gasteiger partial charge in [-0.2, -0.15) is 5.10 Å². The van der Waals surface area contributed by atoms with E-state index in [1.165, 1.54) is 0 Å². The highest BCUT2D eigenvalue weighted by Crippen LogP contribution is 2.26. The summed E-state index contributed by atoms with van der Waals surface area (Å²) < 4.78 is 6.87. The third kappa shape index (κ3) is 5.06. The van der Waals surface area contributed by atoms with Gasteiger partial charge >= 0.3 is 6.09 Å². The van der Waals surface area contributed by atoms with Crippen LogP contribution in [0.15, 0.2) is 42.6 Å². The van der Waals surface area contributed by atoms with Crippen LogP contribution in [0.4, 0.5) is 4.79 Å². The minimum absolute atomic E-state index is 0.327. The van der Waals surface area contributed by atoms with Crippen molar-refractivity contribution in [3.8, 4) is 5.69 Å². The van der Waals surface area contributed by atoms with Crippen LogP contribution in [0.25, 0.3) is 16.6 Å². The summed E-state index contributed by atoms with van der Waals surface area (Å²) in [6, 6.07) is 10.9. The first kappa shape index (κ1) is 20.7. The van der Waals surface area contributed by atoms with Gasteiger partial charge in [0, 0.05) is 18.1 Å². The topological polar surface area (TPSA) is 99.2 Å². The van der Waals surface area contributed by atoms with Crippen LogP contribution in [0.3, 0.4) is 0 Å². The van der Waals surface area contributed by atoms with E-state index in [2.05, 4.69) is 10.4 Å². The Labute approximate surface area is 173 Å². The molecular weight excluding hydrogens is 392 g/mol. The summed E-state index contributed by atoms with van der Waals surface area (Å²) in [5.41, 5.74) is 7.58. The minimum Gasteiger partial charge on any atom is -0.444 e. The van der Waals surface area contributed by atoms with Crippen molar-refractivity contribution in [2.45, 2.75) is 32.8 Å². The lowest BCUT2D eigenvalue weighted by Gasteiger charge is -2.19. The zero-order valence-corrected chi connectivity index (χ0v) is 17.3. The first-order valence-corrected chi connectivity index (χ1v) is 9.56. The maximum absolute atomic E-state index is 11.7. The van der Waals surface area contributed by atoms with E-state index in [-0.39, 0.29) is 0 Å². The average Bonchev–Trinajstić information content (AvgIpc) is 3.07. The van der Waals surface area contributed by atoms with Crippen molar-refractivity contribution in [2.24, 2.45) is 5.73 Å². The van der Waals surface area contributed by atoms with Crippen LogP contribution in [0.1, 0.15) is 36.7 Å². The van der Waals surface area contributed by atoms with Gasteiger partial charge in [-0.05, 0) is 57.0 Å². The molecule has 0 unspecified atom stereocenters. The summed E-state index contributed by atoms with van der Waals surface area (Å²) in [6.07, 6.45) is 2.00. The Bertz CT molecular complexity index is 1050. The van der Waals surface area contributed by atoms with E-state index in [0.717, 1.165) is 11.3 Å². The molecule has 1 heterocycles. The SMILES string of the molecule is CC(C)(C)OC(=O)NCCc1ccc(-n2cc3c(Cl)ccc(C(N)=O)c3n2)cc1. The van der Waals surface area contributed by atoms with E-state index < -0.39 is 17.6 Å². The number of nitrogens with one attached hydrogen (secondary N) is 1. The molecule has 152 valence electrons.